The van der Waals surface area contributed by atoms with Crippen molar-refractivity contribution in [3.05, 3.63) is 64.7 Å². The molecule has 2 heterocycles. The first-order valence-electron chi connectivity index (χ1n) is 7.10. The molecule has 4 nitrogen and oxygen atoms in total. The number of nitrogens with one attached hydrogen (secondary N) is 1. The van der Waals surface area contributed by atoms with Gasteiger partial charge in [0.1, 0.15) is 5.82 Å². The van der Waals surface area contributed by atoms with Gasteiger partial charge in [0.2, 0.25) is 5.91 Å². The van der Waals surface area contributed by atoms with Gasteiger partial charge in [-0.3, -0.25) is 4.79 Å². The van der Waals surface area contributed by atoms with Gasteiger partial charge in [0.25, 0.3) is 0 Å². The Labute approximate surface area is 137 Å². The summed E-state index contributed by atoms with van der Waals surface area (Å²) < 4.78 is 3.00. The van der Waals surface area contributed by atoms with Gasteiger partial charge < -0.3 is 9.72 Å². The van der Waals surface area contributed by atoms with Crippen molar-refractivity contribution in [3.8, 4) is 0 Å². The fourth-order valence-corrected chi connectivity index (χ4v) is 2.68. The molecular formula is C17H16BrN3O. The molecule has 5 heteroatoms. The summed E-state index contributed by atoms with van der Waals surface area (Å²) in [5.74, 6) is 0.888. The van der Waals surface area contributed by atoms with Gasteiger partial charge in [0.15, 0.2) is 0 Å². The summed E-state index contributed by atoms with van der Waals surface area (Å²) in [6, 6.07) is 11.7. The molecule has 22 heavy (non-hydrogen) atoms. The number of carbonyl (C=O) groups is 1. The van der Waals surface area contributed by atoms with Gasteiger partial charge >= 0.3 is 0 Å². The molecule has 3 rings (SSSR count). The Hall–Kier alpha value is -2.14. The zero-order valence-corrected chi connectivity index (χ0v) is 13.8. The second-order valence-corrected chi connectivity index (χ2v) is 6.04. The Balaban J connectivity index is 1.63. The standard InChI is InChI=1S/C17H16BrN3O/c1-12-5-6-13(10-15(12)18)20-17(22)8-7-16-19-11-14-4-2-3-9-21(14)16/h2-6,9-11H,7-8H2,1H3,(H,20,22). The Morgan fingerprint density at radius 3 is 3.00 bits per heavy atom. The summed E-state index contributed by atoms with van der Waals surface area (Å²) in [6.45, 7) is 2.01. The number of carbonyl (C=O) groups excluding carboxylic acids is 1. The Morgan fingerprint density at radius 2 is 2.18 bits per heavy atom. The number of imidazole rings is 1. The van der Waals surface area contributed by atoms with Crippen LogP contribution in [0.3, 0.4) is 0 Å². The molecule has 0 unspecified atom stereocenters. The van der Waals surface area contributed by atoms with E-state index < -0.39 is 0 Å². The molecule has 0 aliphatic carbocycles. The molecule has 0 saturated carbocycles. The molecule has 0 bridgehead atoms. The van der Waals surface area contributed by atoms with Crippen LogP contribution in [0.25, 0.3) is 5.52 Å². The van der Waals surface area contributed by atoms with Crippen molar-refractivity contribution in [2.45, 2.75) is 19.8 Å². The van der Waals surface area contributed by atoms with Crippen LogP contribution in [0.4, 0.5) is 5.69 Å². The third kappa shape index (κ3) is 3.20. The topological polar surface area (TPSA) is 46.4 Å². The molecule has 0 saturated heterocycles. The van der Waals surface area contributed by atoms with E-state index in [-0.39, 0.29) is 5.91 Å². The number of hydrogen-bond acceptors (Lipinski definition) is 2. The molecular weight excluding hydrogens is 342 g/mol. The smallest absolute Gasteiger partial charge is 0.224 e. The molecule has 1 aromatic carbocycles. The van der Waals surface area contributed by atoms with Crippen LogP contribution in [-0.2, 0) is 11.2 Å². The number of rotatable bonds is 4. The lowest BCUT2D eigenvalue weighted by Gasteiger charge is -2.07. The van der Waals surface area contributed by atoms with Crippen LogP contribution in [0.1, 0.15) is 17.8 Å². The summed E-state index contributed by atoms with van der Waals surface area (Å²) >= 11 is 3.47. The number of amides is 1. The summed E-state index contributed by atoms with van der Waals surface area (Å²) in [5.41, 5.74) is 2.98. The maximum atomic E-state index is 12.1. The molecule has 1 amide bonds. The van der Waals surface area contributed by atoms with Crippen molar-refractivity contribution in [2.75, 3.05) is 5.32 Å². The Kier molecular flexibility index (Phi) is 4.24. The lowest BCUT2D eigenvalue weighted by molar-refractivity contribution is -0.116. The van der Waals surface area contributed by atoms with Crippen LogP contribution in [-0.4, -0.2) is 15.3 Å². The number of benzene rings is 1. The molecule has 3 aromatic rings. The minimum absolute atomic E-state index is 0.0107. The maximum Gasteiger partial charge on any atom is 0.224 e. The largest absolute Gasteiger partial charge is 0.326 e. The van der Waals surface area contributed by atoms with Crippen molar-refractivity contribution in [3.63, 3.8) is 0 Å². The number of aromatic nitrogens is 2. The van der Waals surface area contributed by atoms with Crippen LogP contribution < -0.4 is 5.32 Å². The highest BCUT2D eigenvalue weighted by atomic mass is 79.9. The summed E-state index contributed by atoms with van der Waals surface area (Å²) in [5, 5.41) is 2.91. The number of fused-ring (bicyclic) bond motifs is 1. The predicted octanol–water partition coefficient (Wildman–Crippen LogP) is 3.98. The first-order chi connectivity index (χ1) is 10.6. The van der Waals surface area contributed by atoms with Crippen molar-refractivity contribution < 1.29 is 4.79 Å². The highest BCUT2D eigenvalue weighted by Gasteiger charge is 2.08. The number of aryl methyl sites for hydroxylation is 2. The number of nitrogens with zero attached hydrogens (tertiary/aromatic N) is 2. The molecule has 0 radical (unpaired) electrons. The average Bonchev–Trinajstić information content (AvgIpc) is 2.92. The first kappa shape index (κ1) is 14.8. The van der Waals surface area contributed by atoms with E-state index in [2.05, 4.69) is 26.2 Å². The van der Waals surface area contributed by atoms with Crippen LogP contribution in [0.5, 0.6) is 0 Å². The highest BCUT2D eigenvalue weighted by molar-refractivity contribution is 9.10. The second kappa shape index (κ2) is 6.32. The van der Waals surface area contributed by atoms with Gasteiger partial charge in [-0.1, -0.05) is 28.1 Å². The quantitative estimate of drug-likeness (QED) is 0.767. The summed E-state index contributed by atoms with van der Waals surface area (Å²) in [6.07, 6.45) is 4.80. The minimum atomic E-state index is -0.0107. The highest BCUT2D eigenvalue weighted by Crippen LogP contribution is 2.20. The Bertz CT molecular complexity index is 826. The number of pyridine rings is 1. The molecule has 0 fully saturated rings. The minimum Gasteiger partial charge on any atom is -0.326 e. The van der Waals surface area contributed by atoms with Gasteiger partial charge in [0.05, 0.1) is 11.7 Å². The van der Waals surface area contributed by atoms with E-state index in [1.54, 1.807) is 0 Å². The van der Waals surface area contributed by atoms with E-state index in [1.807, 2.05) is 60.1 Å². The number of hydrogen-bond donors (Lipinski definition) is 1. The van der Waals surface area contributed by atoms with Crippen LogP contribution in [0.15, 0.2) is 53.3 Å². The molecule has 1 N–H and O–H groups in total. The van der Waals surface area contributed by atoms with E-state index >= 15 is 0 Å². The van der Waals surface area contributed by atoms with E-state index in [9.17, 15) is 4.79 Å². The third-order valence-electron chi connectivity index (χ3n) is 3.55. The van der Waals surface area contributed by atoms with E-state index in [1.165, 1.54) is 0 Å². The van der Waals surface area contributed by atoms with Gasteiger partial charge in [-0.2, -0.15) is 0 Å². The van der Waals surface area contributed by atoms with Crippen molar-refractivity contribution in [1.29, 1.82) is 0 Å². The monoisotopic (exact) mass is 357 g/mol. The van der Waals surface area contributed by atoms with E-state index in [4.69, 9.17) is 0 Å². The van der Waals surface area contributed by atoms with Gasteiger partial charge in [-0.15, -0.1) is 0 Å². The fourth-order valence-electron chi connectivity index (χ4n) is 2.30. The predicted molar refractivity (Wildman–Crippen MR) is 91.0 cm³/mol. The van der Waals surface area contributed by atoms with Crippen molar-refractivity contribution in [2.24, 2.45) is 0 Å². The van der Waals surface area contributed by atoms with Crippen molar-refractivity contribution >= 4 is 33.0 Å². The normalized spacial score (nSPS) is 10.8. The lowest BCUT2D eigenvalue weighted by Crippen LogP contribution is -2.13. The van der Waals surface area contributed by atoms with Gasteiger partial charge in [0, 0.05) is 29.2 Å². The number of halogens is 1. The Morgan fingerprint density at radius 1 is 1.32 bits per heavy atom. The lowest BCUT2D eigenvalue weighted by atomic mass is 10.2. The first-order valence-corrected chi connectivity index (χ1v) is 7.90. The van der Waals surface area contributed by atoms with Gasteiger partial charge in [-0.05, 0) is 36.8 Å². The van der Waals surface area contributed by atoms with Crippen LogP contribution >= 0.6 is 15.9 Å². The molecule has 0 aliphatic heterocycles. The molecule has 2 aromatic heterocycles. The molecule has 112 valence electrons. The average molecular weight is 358 g/mol. The van der Waals surface area contributed by atoms with Crippen LogP contribution in [0.2, 0.25) is 0 Å². The van der Waals surface area contributed by atoms with Crippen LogP contribution in [0, 0.1) is 6.92 Å². The summed E-state index contributed by atoms with van der Waals surface area (Å²) in [4.78, 5) is 16.5. The van der Waals surface area contributed by atoms with E-state index in [0.29, 0.717) is 12.8 Å². The number of anilines is 1. The SMILES string of the molecule is Cc1ccc(NC(=O)CCc2ncc3ccccn23)cc1Br. The fraction of sp³-hybridized carbons (Fsp3) is 0.176. The zero-order chi connectivity index (χ0) is 15.5. The van der Waals surface area contributed by atoms with E-state index in [0.717, 1.165) is 27.1 Å². The zero-order valence-electron chi connectivity index (χ0n) is 12.2. The third-order valence-corrected chi connectivity index (χ3v) is 4.40. The second-order valence-electron chi connectivity index (χ2n) is 5.18. The van der Waals surface area contributed by atoms with Gasteiger partial charge in [-0.25, -0.2) is 4.98 Å². The molecule has 0 spiro atoms. The molecule has 0 aliphatic rings. The van der Waals surface area contributed by atoms with Crippen molar-refractivity contribution in [1.82, 2.24) is 9.38 Å². The summed E-state index contributed by atoms with van der Waals surface area (Å²) in [7, 11) is 0. The maximum absolute atomic E-state index is 12.1. The molecule has 0 atom stereocenters.